The monoisotopic (exact) mass is 272 g/mol. The Morgan fingerprint density at radius 1 is 1.20 bits per heavy atom. The van der Waals surface area contributed by atoms with Gasteiger partial charge in [0.2, 0.25) is 5.88 Å². The zero-order valence-electron chi connectivity index (χ0n) is 11.4. The molecule has 5 heteroatoms. The second kappa shape index (κ2) is 6.56. The third-order valence-electron chi connectivity index (χ3n) is 2.75. The smallest absolute Gasteiger partial charge is 0.337 e. The van der Waals surface area contributed by atoms with Gasteiger partial charge in [0.1, 0.15) is 0 Å². The van der Waals surface area contributed by atoms with E-state index in [1.54, 1.807) is 31.4 Å². The average molecular weight is 272 g/mol. The zero-order valence-corrected chi connectivity index (χ0v) is 11.4. The molecule has 1 aromatic carbocycles. The molecule has 1 heterocycles. The molecule has 0 fully saturated rings. The standard InChI is InChI=1S/C15H16N2O3/c1-19-14-8-4-7-13(17-14)10-16-12-6-3-5-11(9-12)15(18)20-2/h3-9,16H,10H2,1-2H3. The van der Waals surface area contributed by atoms with Crippen molar-refractivity contribution in [1.82, 2.24) is 4.98 Å². The second-order valence-corrected chi connectivity index (χ2v) is 4.10. The Balaban J connectivity index is 2.05. The van der Waals surface area contributed by atoms with Crippen molar-refractivity contribution < 1.29 is 14.3 Å². The van der Waals surface area contributed by atoms with Gasteiger partial charge in [-0.3, -0.25) is 0 Å². The molecule has 0 atom stereocenters. The van der Waals surface area contributed by atoms with Gasteiger partial charge in [0.05, 0.1) is 32.0 Å². The number of hydrogen-bond donors (Lipinski definition) is 1. The summed E-state index contributed by atoms with van der Waals surface area (Å²) in [5.41, 5.74) is 2.20. The molecule has 0 spiro atoms. The first-order chi connectivity index (χ1) is 9.72. The summed E-state index contributed by atoms with van der Waals surface area (Å²) >= 11 is 0. The Bertz CT molecular complexity index is 599. The molecule has 5 nitrogen and oxygen atoms in total. The van der Waals surface area contributed by atoms with Crippen LogP contribution in [0.1, 0.15) is 16.1 Å². The average Bonchev–Trinajstić information content (AvgIpc) is 2.52. The van der Waals surface area contributed by atoms with E-state index in [9.17, 15) is 4.79 Å². The van der Waals surface area contributed by atoms with Crippen LogP contribution in [0.3, 0.4) is 0 Å². The van der Waals surface area contributed by atoms with Crippen molar-refractivity contribution in [1.29, 1.82) is 0 Å². The van der Waals surface area contributed by atoms with Crippen LogP contribution in [0.4, 0.5) is 5.69 Å². The van der Waals surface area contributed by atoms with Crippen LogP contribution in [0.25, 0.3) is 0 Å². The van der Waals surface area contributed by atoms with Crippen molar-refractivity contribution >= 4 is 11.7 Å². The summed E-state index contributed by atoms with van der Waals surface area (Å²) < 4.78 is 9.76. The third kappa shape index (κ3) is 3.47. The third-order valence-corrected chi connectivity index (χ3v) is 2.75. The summed E-state index contributed by atoms with van der Waals surface area (Å²) in [6.45, 7) is 0.543. The van der Waals surface area contributed by atoms with Crippen molar-refractivity contribution in [3.8, 4) is 5.88 Å². The van der Waals surface area contributed by atoms with E-state index < -0.39 is 0 Å². The Labute approximate surface area is 117 Å². The summed E-state index contributed by atoms with van der Waals surface area (Å²) in [5, 5.41) is 3.21. The number of methoxy groups -OCH3 is 2. The van der Waals surface area contributed by atoms with Gasteiger partial charge in [-0.05, 0) is 24.3 Å². The molecule has 0 saturated heterocycles. The van der Waals surface area contributed by atoms with Crippen LogP contribution in [-0.2, 0) is 11.3 Å². The highest BCUT2D eigenvalue weighted by Crippen LogP contribution is 2.13. The molecular weight excluding hydrogens is 256 g/mol. The van der Waals surface area contributed by atoms with Crippen molar-refractivity contribution in [2.75, 3.05) is 19.5 Å². The largest absolute Gasteiger partial charge is 0.481 e. The maximum absolute atomic E-state index is 11.4. The van der Waals surface area contributed by atoms with E-state index in [4.69, 9.17) is 4.74 Å². The number of ether oxygens (including phenoxy) is 2. The summed E-state index contributed by atoms with van der Waals surface area (Å²) in [7, 11) is 2.95. The van der Waals surface area contributed by atoms with Crippen molar-refractivity contribution in [3.63, 3.8) is 0 Å². The van der Waals surface area contributed by atoms with Gasteiger partial charge < -0.3 is 14.8 Å². The minimum absolute atomic E-state index is 0.354. The van der Waals surface area contributed by atoms with E-state index in [0.717, 1.165) is 11.4 Å². The van der Waals surface area contributed by atoms with E-state index in [2.05, 4.69) is 15.0 Å². The number of carbonyl (C=O) groups excluding carboxylic acids is 1. The maximum atomic E-state index is 11.4. The molecule has 1 aromatic heterocycles. The first-order valence-electron chi connectivity index (χ1n) is 6.15. The van der Waals surface area contributed by atoms with Crippen LogP contribution < -0.4 is 10.1 Å². The number of anilines is 1. The number of nitrogens with one attached hydrogen (secondary N) is 1. The van der Waals surface area contributed by atoms with Crippen LogP contribution in [0.2, 0.25) is 0 Å². The van der Waals surface area contributed by atoms with E-state index in [-0.39, 0.29) is 5.97 Å². The maximum Gasteiger partial charge on any atom is 0.337 e. The zero-order chi connectivity index (χ0) is 14.4. The van der Waals surface area contributed by atoms with Crippen LogP contribution in [0, 0.1) is 0 Å². The Morgan fingerprint density at radius 3 is 2.75 bits per heavy atom. The predicted octanol–water partition coefficient (Wildman–Crippen LogP) is 2.49. The minimum atomic E-state index is -0.354. The molecule has 2 rings (SSSR count). The molecular formula is C15H16N2O3. The fourth-order valence-electron chi connectivity index (χ4n) is 1.74. The summed E-state index contributed by atoms with van der Waals surface area (Å²) in [4.78, 5) is 15.7. The first-order valence-corrected chi connectivity index (χ1v) is 6.15. The Hall–Kier alpha value is -2.56. The van der Waals surface area contributed by atoms with Crippen LogP contribution in [-0.4, -0.2) is 25.2 Å². The lowest BCUT2D eigenvalue weighted by atomic mass is 10.2. The number of esters is 1. The van der Waals surface area contributed by atoms with Gasteiger partial charge in [0.25, 0.3) is 0 Å². The van der Waals surface area contributed by atoms with Crippen LogP contribution in [0.5, 0.6) is 5.88 Å². The Morgan fingerprint density at radius 2 is 2.00 bits per heavy atom. The minimum Gasteiger partial charge on any atom is -0.481 e. The fourth-order valence-corrected chi connectivity index (χ4v) is 1.74. The van der Waals surface area contributed by atoms with Gasteiger partial charge in [-0.2, -0.15) is 0 Å². The van der Waals surface area contributed by atoms with E-state index in [1.165, 1.54) is 7.11 Å². The normalized spacial score (nSPS) is 9.90. The predicted molar refractivity (Wildman–Crippen MR) is 75.9 cm³/mol. The first kappa shape index (κ1) is 13.9. The number of aromatic nitrogens is 1. The van der Waals surface area contributed by atoms with Gasteiger partial charge in [-0.1, -0.05) is 12.1 Å². The topological polar surface area (TPSA) is 60.5 Å². The van der Waals surface area contributed by atoms with E-state index >= 15 is 0 Å². The van der Waals surface area contributed by atoms with Crippen LogP contribution >= 0.6 is 0 Å². The second-order valence-electron chi connectivity index (χ2n) is 4.10. The number of pyridine rings is 1. The lowest BCUT2D eigenvalue weighted by Gasteiger charge is -2.08. The molecule has 2 aromatic rings. The quantitative estimate of drug-likeness (QED) is 0.847. The highest BCUT2D eigenvalue weighted by atomic mass is 16.5. The number of carbonyl (C=O) groups is 1. The lowest BCUT2D eigenvalue weighted by Crippen LogP contribution is -2.05. The Kier molecular flexibility index (Phi) is 4.55. The molecule has 0 bridgehead atoms. The van der Waals surface area contributed by atoms with Gasteiger partial charge >= 0.3 is 5.97 Å². The summed E-state index contributed by atoms with van der Waals surface area (Å²) in [6, 6.07) is 12.7. The lowest BCUT2D eigenvalue weighted by molar-refractivity contribution is 0.0601. The molecule has 0 aliphatic rings. The molecule has 20 heavy (non-hydrogen) atoms. The summed E-state index contributed by atoms with van der Waals surface area (Å²) in [5.74, 6) is 0.223. The fraction of sp³-hybridized carbons (Fsp3) is 0.200. The number of nitrogens with zero attached hydrogens (tertiary/aromatic N) is 1. The highest BCUT2D eigenvalue weighted by Gasteiger charge is 2.05. The molecule has 104 valence electrons. The van der Waals surface area contributed by atoms with E-state index in [0.29, 0.717) is 18.0 Å². The molecule has 0 aliphatic heterocycles. The van der Waals surface area contributed by atoms with Gasteiger partial charge in [0.15, 0.2) is 0 Å². The SMILES string of the molecule is COC(=O)c1cccc(NCc2cccc(OC)n2)c1. The number of benzene rings is 1. The molecule has 0 saturated carbocycles. The molecule has 0 radical (unpaired) electrons. The van der Waals surface area contributed by atoms with Gasteiger partial charge in [-0.25, -0.2) is 9.78 Å². The highest BCUT2D eigenvalue weighted by molar-refractivity contribution is 5.90. The number of rotatable bonds is 5. The molecule has 0 aliphatic carbocycles. The van der Waals surface area contributed by atoms with Gasteiger partial charge in [0, 0.05) is 11.8 Å². The number of hydrogen-bond acceptors (Lipinski definition) is 5. The van der Waals surface area contributed by atoms with Crippen molar-refractivity contribution in [3.05, 3.63) is 53.7 Å². The molecule has 0 unspecified atom stereocenters. The van der Waals surface area contributed by atoms with E-state index in [1.807, 2.05) is 18.2 Å². The summed E-state index contributed by atoms with van der Waals surface area (Å²) in [6.07, 6.45) is 0. The van der Waals surface area contributed by atoms with Crippen LogP contribution in [0.15, 0.2) is 42.5 Å². The molecule has 0 amide bonds. The van der Waals surface area contributed by atoms with Crippen molar-refractivity contribution in [2.45, 2.75) is 6.54 Å². The van der Waals surface area contributed by atoms with Gasteiger partial charge in [-0.15, -0.1) is 0 Å². The van der Waals surface area contributed by atoms with Crippen molar-refractivity contribution in [2.24, 2.45) is 0 Å². The molecule has 1 N–H and O–H groups in total.